The molecule has 3 rings (SSSR count). The molecule has 0 spiro atoms. The Morgan fingerprint density at radius 2 is 2.00 bits per heavy atom. The minimum Gasteiger partial charge on any atom is -0.319 e. The molecule has 2 aromatic rings. The molecule has 1 aromatic heterocycles. The van der Waals surface area contributed by atoms with Gasteiger partial charge in [-0.2, -0.15) is 0 Å². The second kappa shape index (κ2) is 6.42. The Morgan fingerprint density at radius 3 is 2.75 bits per heavy atom. The van der Waals surface area contributed by atoms with Crippen molar-refractivity contribution in [1.82, 2.24) is 5.01 Å². The van der Waals surface area contributed by atoms with Crippen molar-refractivity contribution in [2.45, 2.75) is 38.1 Å². The molecule has 1 fully saturated rings. The van der Waals surface area contributed by atoms with Gasteiger partial charge in [0, 0.05) is 29.1 Å². The van der Waals surface area contributed by atoms with Crippen LogP contribution in [-0.4, -0.2) is 17.6 Å². The predicted molar refractivity (Wildman–Crippen MR) is 87.1 cm³/mol. The van der Waals surface area contributed by atoms with Crippen molar-refractivity contribution in [2.75, 3.05) is 12.0 Å². The molecule has 0 radical (unpaired) electrons. The number of thiophene rings is 1. The number of anilines is 1. The summed E-state index contributed by atoms with van der Waals surface area (Å²) in [5.74, 6) is 0.589. The van der Waals surface area contributed by atoms with Gasteiger partial charge in [0.1, 0.15) is 0 Å². The summed E-state index contributed by atoms with van der Waals surface area (Å²) in [7, 11) is 0. The highest BCUT2D eigenvalue weighted by Gasteiger charge is 2.28. The van der Waals surface area contributed by atoms with E-state index in [0.29, 0.717) is 12.0 Å². The van der Waals surface area contributed by atoms with Crippen LogP contribution in [0.4, 0.5) is 5.69 Å². The zero-order chi connectivity index (χ0) is 13.8. The summed E-state index contributed by atoms with van der Waals surface area (Å²) < 4.78 is 0. The molecule has 0 aliphatic carbocycles. The zero-order valence-corrected chi connectivity index (χ0v) is 12.8. The number of para-hydroxylation sites is 1. The Morgan fingerprint density at radius 1 is 1.15 bits per heavy atom. The van der Waals surface area contributed by atoms with Gasteiger partial charge in [-0.15, -0.1) is 11.3 Å². The largest absolute Gasteiger partial charge is 0.319 e. The molecule has 1 aliphatic heterocycles. The lowest BCUT2D eigenvalue weighted by Crippen LogP contribution is -2.45. The first-order valence-corrected chi connectivity index (χ1v) is 8.34. The van der Waals surface area contributed by atoms with Gasteiger partial charge in [0.05, 0.1) is 0 Å². The van der Waals surface area contributed by atoms with Crippen molar-refractivity contribution >= 4 is 17.0 Å². The lowest BCUT2D eigenvalue weighted by atomic mass is 9.91. The maximum Gasteiger partial charge on any atom is 0.0490 e. The molecule has 1 aromatic carbocycles. The molecule has 106 valence electrons. The van der Waals surface area contributed by atoms with Crippen molar-refractivity contribution in [1.29, 1.82) is 0 Å². The fourth-order valence-electron chi connectivity index (χ4n) is 3.03. The van der Waals surface area contributed by atoms with E-state index in [1.54, 1.807) is 0 Å². The van der Waals surface area contributed by atoms with Crippen LogP contribution >= 0.6 is 11.3 Å². The van der Waals surface area contributed by atoms with Crippen LogP contribution < -0.4 is 5.43 Å². The molecule has 1 N–H and O–H groups in total. The van der Waals surface area contributed by atoms with Crippen LogP contribution in [0.25, 0.3) is 0 Å². The molecule has 1 saturated heterocycles. The van der Waals surface area contributed by atoms with E-state index >= 15 is 0 Å². The van der Waals surface area contributed by atoms with Crippen LogP contribution in [0.1, 0.15) is 37.0 Å². The average molecular weight is 286 g/mol. The molecule has 1 aliphatic rings. The van der Waals surface area contributed by atoms with Crippen LogP contribution in [0.5, 0.6) is 0 Å². The van der Waals surface area contributed by atoms with Gasteiger partial charge in [0.2, 0.25) is 0 Å². The fraction of sp³-hybridized carbons (Fsp3) is 0.412. The normalized spacial score (nSPS) is 21.6. The van der Waals surface area contributed by atoms with Crippen molar-refractivity contribution in [2.24, 2.45) is 0 Å². The smallest absolute Gasteiger partial charge is 0.0490 e. The van der Waals surface area contributed by atoms with Crippen molar-refractivity contribution in [3.05, 3.63) is 52.7 Å². The number of rotatable bonds is 4. The van der Waals surface area contributed by atoms with Crippen molar-refractivity contribution in [3.63, 3.8) is 0 Å². The molecule has 2 unspecified atom stereocenters. The number of hydrogen-bond donors (Lipinski definition) is 1. The molecule has 20 heavy (non-hydrogen) atoms. The van der Waals surface area contributed by atoms with Gasteiger partial charge >= 0.3 is 0 Å². The van der Waals surface area contributed by atoms with E-state index < -0.39 is 0 Å². The highest BCUT2D eigenvalue weighted by atomic mass is 32.1. The molecule has 0 bridgehead atoms. The highest BCUT2D eigenvalue weighted by molar-refractivity contribution is 7.10. The summed E-state index contributed by atoms with van der Waals surface area (Å²) in [5.41, 5.74) is 4.80. The van der Waals surface area contributed by atoms with E-state index in [2.05, 4.69) is 65.2 Å². The topological polar surface area (TPSA) is 15.3 Å². The van der Waals surface area contributed by atoms with E-state index in [9.17, 15) is 0 Å². The molecule has 2 heterocycles. The van der Waals surface area contributed by atoms with Gasteiger partial charge in [-0.1, -0.05) is 37.6 Å². The fourth-order valence-corrected chi connectivity index (χ4v) is 3.88. The summed E-state index contributed by atoms with van der Waals surface area (Å²) in [6.07, 6.45) is 3.90. The van der Waals surface area contributed by atoms with Crippen LogP contribution in [0.15, 0.2) is 47.8 Å². The van der Waals surface area contributed by atoms with Crippen molar-refractivity contribution in [3.8, 4) is 0 Å². The summed E-state index contributed by atoms with van der Waals surface area (Å²) in [5, 5.41) is 4.63. The van der Waals surface area contributed by atoms with Gasteiger partial charge in [-0.3, -0.25) is 0 Å². The maximum atomic E-state index is 3.61. The highest BCUT2D eigenvalue weighted by Crippen LogP contribution is 2.32. The first-order chi connectivity index (χ1) is 9.84. The van der Waals surface area contributed by atoms with E-state index in [0.717, 1.165) is 6.54 Å². The summed E-state index contributed by atoms with van der Waals surface area (Å²) in [6.45, 7) is 3.50. The van der Waals surface area contributed by atoms with Gasteiger partial charge in [0.25, 0.3) is 0 Å². The van der Waals surface area contributed by atoms with E-state index in [1.807, 2.05) is 11.3 Å². The SMILES string of the molecule is CC(c1cccs1)C1CCCCN1Nc1ccccc1. The number of hydrazine groups is 1. The van der Waals surface area contributed by atoms with Gasteiger partial charge < -0.3 is 5.43 Å². The Labute approximate surface area is 125 Å². The van der Waals surface area contributed by atoms with Gasteiger partial charge in [-0.25, -0.2) is 5.01 Å². The first kappa shape index (κ1) is 13.7. The van der Waals surface area contributed by atoms with Gasteiger partial charge in [0.15, 0.2) is 0 Å². The summed E-state index contributed by atoms with van der Waals surface area (Å²) in [6, 6.07) is 15.5. The molecule has 0 amide bonds. The summed E-state index contributed by atoms with van der Waals surface area (Å²) >= 11 is 1.88. The Balaban J connectivity index is 1.74. The molecule has 0 saturated carbocycles. The third-order valence-corrected chi connectivity index (χ3v) is 5.24. The predicted octanol–water partition coefficient (Wildman–Crippen LogP) is 4.73. The third-order valence-electron chi connectivity index (χ3n) is 4.16. The Bertz CT molecular complexity index is 509. The standard InChI is InChI=1S/C17H22N2S/c1-14(17-11-7-13-20-17)16-10-5-6-12-19(16)18-15-8-3-2-4-9-15/h2-4,7-9,11,13-14,16,18H,5-6,10,12H2,1H3. The molecular weight excluding hydrogens is 264 g/mol. The lowest BCUT2D eigenvalue weighted by molar-refractivity contribution is 0.162. The third kappa shape index (κ3) is 3.05. The maximum absolute atomic E-state index is 3.61. The van der Waals surface area contributed by atoms with E-state index in [-0.39, 0.29) is 0 Å². The number of piperidine rings is 1. The van der Waals surface area contributed by atoms with E-state index in [4.69, 9.17) is 0 Å². The minimum atomic E-state index is 0.586. The van der Waals surface area contributed by atoms with Crippen molar-refractivity contribution < 1.29 is 0 Å². The van der Waals surface area contributed by atoms with Crippen LogP contribution in [0.3, 0.4) is 0 Å². The van der Waals surface area contributed by atoms with Crippen LogP contribution in [-0.2, 0) is 0 Å². The second-order valence-corrected chi connectivity index (χ2v) is 6.52. The minimum absolute atomic E-state index is 0.586. The number of nitrogens with zero attached hydrogens (tertiary/aromatic N) is 1. The Kier molecular flexibility index (Phi) is 4.38. The zero-order valence-electron chi connectivity index (χ0n) is 12.0. The van der Waals surface area contributed by atoms with Crippen LogP contribution in [0, 0.1) is 0 Å². The Hall–Kier alpha value is -1.32. The number of hydrogen-bond acceptors (Lipinski definition) is 3. The number of nitrogens with one attached hydrogen (secondary N) is 1. The molecule has 2 nitrogen and oxygen atoms in total. The number of benzene rings is 1. The molecule has 2 atom stereocenters. The monoisotopic (exact) mass is 286 g/mol. The quantitative estimate of drug-likeness (QED) is 0.874. The summed E-state index contributed by atoms with van der Waals surface area (Å²) in [4.78, 5) is 1.50. The van der Waals surface area contributed by atoms with Gasteiger partial charge in [-0.05, 0) is 36.4 Å². The average Bonchev–Trinajstić information content (AvgIpc) is 3.02. The second-order valence-electron chi connectivity index (χ2n) is 5.54. The molecular formula is C17H22N2S. The lowest BCUT2D eigenvalue weighted by Gasteiger charge is -2.39. The first-order valence-electron chi connectivity index (χ1n) is 7.46. The molecule has 3 heteroatoms. The van der Waals surface area contributed by atoms with E-state index in [1.165, 1.54) is 29.8 Å². The van der Waals surface area contributed by atoms with Crippen LogP contribution in [0.2, 0.25) is 0 Å².